The van der Waals surface area contributed by atoms with Crippen molar-refractivity contribution in [1.82, 2.24) is 20.9 Å². The Bertz CT molecular complexity index is 1870. The lowest BCUT2D eigenvalue weighted by Crippen LogP contribution is -2.56. The number of H-pyrrole nitrogens is 1. The minimum absolute atomic E-state index is 0.0423. The van der Waals surface area contributed by atoms with Crippen LogP contribution in [0.5, 0.6) is 0 Å². The molecule has 3 rings (SSSR count). The Morgan fingerprint density at radius 2 is 1.30 bits per heavy atom. The number of amides is 3. The molecule has 0 bridgehead atoms. The van der Waals surface area contributed by atoms with E-state index in [0.29, 0.717) is 38.8 Å². The Kier molecular flexibility index (Phi) is 16.1. The van der Waals surface area contributed by atoms with Crippen LogP contribution in [-0.4, -0.2) is 72.4 Å². The molecular formula is C43H69N11O3. The Balaban J connectivity index is 2.09. The summed E-state index contributed by atoms with van der Waals surface area (Å²) in [5.74, 6) is -1.47. The average molecular weight is 788 g/mol. The molecule has 14 N–H and O–H groups in total. The fraction of sp³-hybridized carbons (Fsp3) is 0.558. The normalized spacial score (nSPS) is 13.6. The fourth-order valence-corrected chi connectivity index (χ4v) is 6.71. The van der Waals surface area contributed by atoms with Gasteiger partial charge in [0.1, 0.15) is 12.1 Å². The molecule has 0 radical (unpaired) electrons. The Morgan fingerprint density at radius 3 is 1.84 bits per heavy atom. The molecule has 0 fully saturated rings. The first-order valence-corrected chi connectivity index (χ1v) is 20.0. The van der Waals surface area contributed by atoms with E-state index >= 15 is 0 Å². The molecule has 3 aromatic rings. The van der Waals surface area contributed by atoms with Crippen LogP contribution < -0.4 is 44.6 Å². The Morgan fingerprint density at radius 1 is 0.719 bits per heavy atom. The van der Waals surface area contributed by atoms with Crippen LogP contribution in [-0.2, 0) is 43.5 Å². The molecule has 0 saturated carbocycles. The summed E-state index contributed by atoms with van der Waals surface area (Å²) in [6, 6.07) is 11.3. The van der Waals surface area contributed by atoms with Crippen molar-refractivity contribution in [2.45, 2.75) is 135 Å². The number of nitrogens with zero attached hydrogens (tertiary/aromatic N) is 2. The van der Waals surface area contributed by atoms with Crippen LogP contribution in [0, 0.1) is 0 Å². The van der Waals surface area contributed by atoms with Gasteiger partial charge < -0.3 is 49.6 Å². The van der Waals surface area contributed by atoms with Crippen LogP contribution in [0.3, 0.4) is 0 Å². The Hall–Kier alpha value is -5.11. The molecule has 57 heavy (non-hydrogen) atoms. The smallest absolute Gasteiger partial charge is 0.243 e. The van der Waals surface area contributed by atoms with Gasteiger partial charge in [0.25, 0.3) is 0 Å². The van der Waals surface area contributed by atoms with Crippen molar-refractivity contribution >= 4 is 40.5 Å². The molecule has 1 heterocycles. The number of fused-ring (bicyclic) bond motifs is 1. The van der Waals surface area contributed by atoms with Gasteiger partial charge in [-0.05, 0) is 71.3 Å². The molecule has 0 unspecified atom stereocenters. The SMILES string of the molecule is CC(C)(C)c1cc(C(C)(C)C)c2[nH]c(C(C)(C)C)c(C[C@H](NC(=O)[C@H](N)CCCN=C(N)N)C(=O)N[C@@H](CCCN=C(N)N)C(=O)NCCc3ccccc3)c2c1. The highest BCUT2D eigenvalue weighted by atomic mass is 16.2. The van der Waals surface area contributed by atoms with Crippen LogP contribution in [0.15, 0.2) is 52.4 Å². The molecule has 314 valence electrons. The first kappa shape index (κ1) is 46.3. The second-order valence-corrected chi connectivity index (χ2v) is 18.0. The van der Waals surface area contributed by atoms with Gasteiger partial charge in [0.2, 0.25) is 17.7 Å². The Labute approximate surface area is 339 Å². The van der Waals surface area contributed by atoms with E-state index in [-0.39, 0.29) is 53.5 Å². The summed E-state index contributed by atoms with van der Waals surface area (Å²) in [6.45, 7) is 20.4. The third-order valence-electron chi connectivity index (χ3n) is 9.92. The maximum Gasteiger partial charge on any atom is 0.243 e. The number of aromatic amines is 1. The van der Waals surface area contributed by atoms with E-state index in [1.165, 1.54) is 0 Å². The van der Waals surface area contributed by atoms with Crippen LogP contribution in [0.1, 0.15) is 116 Å². The van der Waals surface area contributed by atoms with E-state index < -0.39 is 29.9 Å². The maximum atomic E-state index is 14.6. The molecule has 14 nitrogen and oxygen atoms in total. The predicted octanol–water partition coefficient (Wildman–Crippen LogP) is 3.37. The van der Waals surface area contributed by atoms with Gasteiger partial charge in [0.05, 0.1) is 6.04 Å². The van der Waals surface area contributed by atoms with E-state index in [0.717, 1.165) is 38.9 Å². The molecule has 0 spiro atoms. The van der Waals surface area contributed by atoms with Gasteiger partial charge in [-0.15, -0.1) is 0 Å². The van der Waals surface area contributed by atoms with Crippen molar-refractivity contribution in [3.63, 3.8) is 0 Å². The molecule has 14 heteroatoms. The number of rotatable bonds is 18. The number of guanidine groups is 2. The lowest BCUT2D eigenvalue weighted by Gasteiger charge is -2.27. The van der Waals surface area contributed by atoms with Crippen molar-refractivity contribution in [3.05, 3.63) is 70.4 Å². The van der Waals surface area contributed by atoms with Crippen molar-refractivity contribution in [1.29, 1.82) is 0 Å². The molecule has 3 amide bonds. The van der Waals surface area contributed by atoms with Crippen LogP contribution >= 0.6 is 0 Å². The van der Waals surface area contributed by atoms with Gasteiger partial charge in [0, 0.05) is 48.1 Å². The number of hydrogen-bond donors (Lipinski definition) is 9. The van der Waals surface area contributed by atoms with Crippen molar-refractivity contribution < 1.29 is 14.4 Å². The number of aromatic nitrogens is 1. The standard InChI is InChI=1S/C43H69N11O3/c1-41(2,3)27-23-28-29(35(43(7,8)9)54-34(28)30(24-27)42(4,5)6)25-33(53-36(55)31(44)17-13-20-50-39(45)46)38(57)52-32(18-14-21-51-40(47)48)37(56)49-22-19-26-15-11-10-12-16-26/h10-12,15-16,23-24,31-33,54H,13-14,17-22,25,44H2,1-9H3,(H,49,56)(H,52,57)(H,53,55)(H4,45,46,50)(H4,47,48,51)/t31-,32+,33+/m1/s1. The highest BCUT2D eigenvalue weighted by molar-refractivity contribution is 5.95. The molecule has 0 aliphatic carbocycles. The van der Waals surface area contributed by atoms with E-state index in [9.17, 15) is 14.4 Å². The number of nitrogens with one attached hydrogen (secondary N) is 4. The van der Waals surface area contributed by atoms with Gasteiger partial charge >= 0.3 is 0 Å². The fourth-order valence-electron chi connectivity index (χ4n) is 6.71. The molecule has 2 aromatic carbocycles. The first-order chi connectivity index (χ1) is 26.5. The summed E-state index contributed by atoms with van der Waals surface area (Å²) >= 11 is 0. The van der Waals surface area contributed by atoms with Gasteiger partial charge in [-0.3, -0.25) is 24.4 Å². The zero-order chi connectivity index (χ0) is 42.7. The van der Waals surface area contributed by atoms with Gasteiger partial charge in [-0.2, -0.15) is 0 Å². The van der Waals surface area contributed by atoms with Gasteiger partial charge in [0.15, 0.2) is 11.9 Å². The van der Waals surface area contributed by atoms with Crippen molar-refractivity contribution in [2.24, 2.45) is 38.7 Å². The third-order valence-corrected chi connectivity index (χ3v) is 9.92. The monoisotopic (exact) mass is 788 g/mol. The number of nitrogens with two attached hydrogens (primary N) is 5. The number of benzene rings is 2. The van der Waals surface area contributed by atoms with Crippen LogP contribution in [0.2, 0.25) is 0 Å². The molecule has 0 aliphatic rings. The summed E-state index contributed by atoms with van der Waals surface area (Å²) in [6.07, 6.45) is 2.19. The molecule has 0 saturated heterocycles. The summed E-state index contributed by atoms with van der Waals surface area (Å²) in [4.78, 5) is 53.9. The minimum Gasteiger partial charge on any atom is -0.370 e. The predicted molar refractivity (Wildman–Crippen MR) is 233 cm³/mol. The highest BCUT2D eigenvalue weighted by Crippen LogP contribution is 2.40. The quantitative estimate of drug-likeness (QED) is 0.0523. The zero-order valence-electron chi connectivity index (χ0n) is 35.6. The molecular weight excluding hydrogens is 719 g/mol. The lowest BCUT2D eigenvalue weighted by molar-refractivity contribution is -0.132. The van der Waals surface area contributed by atoms with Gasteiger partial charge in [-0.25, -0.2) is 0 Å². The summed E-state index contributed by atoms with van der Waals surface area (Å²) < 4.78 is 0. The molecule has 0 aliphatic heterocycles. The summed E-state index contributed by atoms with van der Waals surface area (Å²) in [5.41, 5.74) is 33.9. The third kappa shape index (κ3) is 14.1. The lowest BCUT2D eigenvalue weighted by atomic mass is 9.78. The van der Waals surface area contributed by atoms with E-state index in [4.69, 9.17) is 28.7 Å². The minimum atomic E-state index is -1.09. The maximum absolute atomic E-state index is 14.6. The number of carbonyl (C=O) groups is 3. The second-order valence-electron chi connectivity index (χ2n) is 18.0. The first-order valence-electron chi connectivity index (χ1n) is 20.0. The topological polar surface area (TPSA) is 258 Å². The molecule has 3 atom stereocenters. The van der Waals surface area contributed by atoms with Crippen molar-refractivity contribution in [3.8, 4) is 0 Å². The highest BCUT2D eigenvalue weighted by Gasteiger charge is 2.34. The molecule has 1 aromatic heterocycles. The second kappa shape index (κ2) is 19.8. The summed E-state index contributed by atoms with van der Waals surface area (Å²) in [7, 11) is 0. The van der Waals surface area contributed by atoms with Crippen molar-refractivity contribution in [2.75, 3.05) is 19.6 Å². The van der Waals surface area contributed by atoms with E-state index in [1.807, 2.05) is 30.3 Å². The van der Waals surface area contributed by atoms with E-state index in [1.54, 1.807) is 0 Å². The number of carbonyl (C=O) groups excluding carboxylic acids is 3. The van der Waals surface area contributed by atoms with Crippen LogP contribution in [0.25, 0.3) is 10.9 Å². The number of aliphatic imine (C=N–C) groups is 2. The largest absolute Gasteiger partial charge is 0.370 e. The van der Waals surface area contributed by atoms with E-state index in [2.05, 4.69) is 105 Å². The zero-order valence-corrected chi connectivity index (χ0v) is 35.6. The van der Waals surface area contributed by atoms with Gasteiger partial charge in [-0.1, -0.05) is 98.7 Å². The number of hydrogen-bond acceptors (Lipinski definition) is 6. The van der Waals surface area contributed by atoms with Crippen LogP contribution in [0.4, 0.5) is 0 Å². The average Bonchev–Trinajstić information content (AvgIpc) is 3.48. The summed E-state index contributed by atoms with van der Waals surface area (Å²) in [5, 5.41) is 9.91.